The number of halogens is 1. The Bertz CT molecular complexity index is 1240. The van der Waals surface area contributed by atoms with Gasteiger partial charge in [-0.25, -0.2) is 14.7 Å². The van der Waals surface area contributed by atoms with Crippen molar-refractivity contribution in [1.82, 2.24) is 15.3 Å². The van der Waals surface area contributed by atoms with E-state index in [1.165, 1.54) is 12.3 Å². The molecule has 33 heavy (non-hydrogen) atoms. The van der Waals surface area contributed by atoms with E-state index < -0.39 is 5.91 Å². The maximum Gasteiger partial charge on any atom is 0.281 e. The topological polar surface area (TPSA) is 81.5 Å². The second-order valence-corrected chi connectivity index (χ2v) is 8.18. The highest BCUT2D eigenvalue weighted by Gasteiger charge is 2.23. The van der Waals surface area contributed by atoms with Crippen LogP contribution in [0.4, 0.5) is 21.6 Å². The normalized spacial score (nSPS) is 17.5. The molecule has 0 unspecified atom stereocenters. The van der Waals surface area contributed by atoms with Crippen molar-refractivity contribution in [1.29, 1.82) is 0 Å². The third-order valence-electron chi connectivity index (χ3n) is 5.71. The first-order chi connectivity index (χ1) is 16.0. The fourth-order valence-electron chi connectivity index (χ4n) is 4.04. The van der Waals surface area contributed by atoms with E-state index in [0.29, 0.717) is 53.7 Å². The minimum Gasteiger partial charge on any atom is -0.375 e. The number of aromatic nitrogens is 2. The number of fused-ring (bicyclic) bond motifs is 1. The molecule has 2 aliphatic heterocycles. The Morgan fingerprint density at radius 1 is 1.21 bits per heavy atom. The Morgan fingerprint density at radius 2 is 2.09 bits per heavy atom. The number of morpholine rings is 1. The molecule has 3 aromatic rings. The zero-order valence-corrected chi connectivity index (χ0v) is 18.4. The molecule has 0 aliphatic carbocycles. The Balaban J connectivity index is 1.50. The molecular formula is C25H23FN5O2. The molecule has 1 aromatic carbocycles. The van der Waals surface area contributed by atoms with E-state index in [2.05, 4.69) is 20.6 Å². The second-order valence-electron chi connectivity index (χ2n) is 8.18. The van der Waals surface area contributed by atoms with E-state index >= 15 is 4.39 Å². The molecule has 1 amide bonds. The molecule has 0 spiro atoms. The highest BCUT2D eigenvalue weighted by atomic mass is 19.1. The van der Waals surface area contributed by atoms with Crippen LogP contribution in [0.2, 0.25) is 0 Å². The summed E-state index contributed by atoms with van der Waals surface area (Å²) in [6.07, 6.45) is 5.03. The molecule has 1 atom stereocenters. The molecular weight excluding hydrogens is 421 g/mol. The van der Waals surface area contributed by atoms with Crippen molar-refractivity contribution in [2.75, 3.05) is 29.9 Å². The van der Waals surface area contributed by atoms with Crippen LogP contribution < -0.4 is 15.5 Å². The predicted molar refractivity (Wildman–Crippen MR) is 125 cm³/mol. The van der Waals surface area contributed by atoms with E-state index in [0.717, 1.165) is 11.3 Å². The van der Waals surface area contributed by atoms with Crippen molar-refractivity contribution in [3.63, 3.8) is 0 Å². The number of benzene rings is 1. The van der Waals surface area contributed by atoms with Gasteiger partial charge in [-0.15, -0.1) is 0 Å². The lowest BCUT2D eigenvalue weighted by Crippen LogP contribution is -2.41. The quantitative estimate of drug-likeness (QED) is 0.647. The highest BCUT2D eigenvalue weighted by Crippen LogP contribution is 2.32. The molecule has 2 aliphatic rings. The van der Waals surface area contributed by atoms with Crippen LogP contribution in [0.25, 0.3) is 17.3 Å². The van der Waals surface area contributed by atoms with E-state index in [1.54, 1.807) is 24.4 Å². The molecule has 1 saturated heterocycles. The van der Waals surface area contributed by atoms with Crippen LogP contribution in [0.5, 0.6) is 0 Å². The van der Waals surface area contributed by atoms with Crippen molar-refractivity contribution >= 4 is 29.2 Å². The zero-order valence-electron chi connectivity index (χ0n) is 18.4. The number of amides is 1. The van der Waals surface area contributed by atoms with Gasteiger partial charge in [0.25, 0.3) is 5.91 Å². The maximum atomic E-state index is 15.0. The number of ether oxygens (including phenoxy) is 1. The molecule has 1 N–H and O–H groups in total. The van der Waals surface area contributed by atoms with Gasteiger partial charge in [0.2, 0.25) is 0 Å². The van der Waals surface area contributed by atoms with Crippen molar-refractivity contribution in [3.05, 3.63) is 71.4 Å². The van der Waals surface area contributed by atoms with Gasteiger partial charge in [0.15, 0.2) is 0 Å². The molecule has 8 heteroatoms. The summed E-state index contributed by atoms with van der Waals surface area (Å²) in [5.74, 6) is -0.415. The number of aryl methyl sites for hydroxylation is 1. The zero-order chi connectivity index (χ0) is 22.9. The summed E-state index contributed by atoms with van der Waals surface area (Å²) < 4.78 is 20.6. The summed E-state index contributed by atoms with van der Waals surface area (Å²) in [5, 5.41) is 7.02. The van der Waals surface area contributed by atoms with E-state index in [9.17, 15) is 4.79 Å². The molecule has 4 heterocycles. The third kappa shape index (κ3) is 4.29. The monoisotopic (exact) mass is 444 g/mol. The molecule has 0 saturated carbocycles. The Labute approximate surface area is 191 Å². The van der Waals surface area contributed by atoms with Gasteiger partial charge in [-0.2, -0.15) is 0 Å². The van der Waals surface area contributed by atoms with Gasteiger partial charge in [0.05, 0.1) is 29.7 Å². The summed E-state index contributed by atoms with van der Waals surface area (Å²) in [6.45, 7) is 5.72. The number of hydrogen-bond acceptors (Lipinski definition) is 6. The van der Waals surface area contributed by atoms with Crippen LogP contribution in [-0.4, -0.2) is 41.7 Å². The average Bonchev–Trinajstić information content (AvgIpc) is 2.79. The lowest BCUT2D eigenvalue weighted by atomic mass is 10.0. The van der Waals surface area contributed by atoms with Crippen molar-refractivity contribution in [2.24, 2.45) is 0 Å². The number of rotatable bonds is 4. The van der Waals surface area contributed by atoms with Gasteiger partial charge >= 0.3 is 0 Å². The SMILES string of the molecule is Cc1ccc(-c2cc3c(c(Nc4ccc(N5CCO[C@H](C)C5)c(F)c4)n2)C(=O)[N]C=C3)cn1. The van der Waals surface area contributed by atoms with Crippen LogP contribution in [0.15, 0.2) is 48.8 Å². The molecule has 167 valence electrons. The fourth-order valence-corrected chi connectivity index (χ4v) is 4.04. The highest BCUT2D eigenvalue weighted by molar-refractivity contribution is 6.05. The van der Waals surface area contributed by atoms with Crippen molar-refractivity contribution in [3.8, 4) is 11.3 Å². The van der Waals surface area contributed by atoms with E-state index in [4.69, 9.17) is 4.74 Å². The van der Waals surface area contributed by atoms with E-state index in [-0.39, 0.29) is 11.9 Å². The number of carbonyl (C=O) groups is 1. The first-order valence-electron chi connectivity index (χ1n) is 10.8. The summed E-state index contributed by atoms with van der Waals surface area (Å²) in [4.78, 5) is 23.5. The van der Waals surface area contributed by atoms with Gasteiger partial charge in [-0.05, 0) is 61.9 Å². The summed E-state index contributed by atoms with van der Waals surface area (Å²) in [6, 6.07) is 10.6. The van der Waals surface area contributed by atoms with E-state index in [1.807, 2.05) is 36.9 Å². The fraction of sp³-hybridized carbons (Fsp3) is 0.240. The predicted octanol–water partition coefficient (Wildman–Crippen LogP) is 4.29. The molecule has 2 aromatic heterocycles. The Hall–Kier alpha value is -3.78. The number of nitrogens with zero attached hydrogens (tertiary/aromatic N) is 4. The van der Waals surface area contributed by atoms with Crippen LogP contribution in [0.1, 0.15) is 28.5 Å². The molecule has 1 fully saturated rings. The number of anilines is 3. The summed E-state index contributed by atoms with van der Waals surface area (Å²) in [5.41, 5.74) is 4.44. The molecule has 7 nitrogen and oxygen atoms in total. The number of pyridine rings is 2. The first kappa shape index (κ1) is 21.1. The lowest BCUT2D eigenvalue weighted by molar-refractivity contribution is 0.0530. The summed E-state index contributed by atoms with van der Waals surface area (Å²) >= 11 is 0. The van der Waals surface area contributed by atoms with Gasteiger partial charge in [0, 0.05) is 42.4 Å². The third-order valence-corrected chi connectivity index (χ3v) is 5.71. The minimum atomic E-state index is -0.393. The average molecular weight is 444 g/mol. The van der Waals surface area contributed by atoms with Crippen LogP contribution in [0.3, 0.4) is 0 Å². The standard InChI is InChI=1S/C25H23FN5O2/c1-15-3-4-18(13-28-15)21-11-17-7-8-27-25(32)23(17)24(30-21)29-19-5-6-22(20(26)12-19)31-9-10-33-16(2)14-31/h3-8,11-13,16H,9-10,14H2,1-2H3,(H,29,30)/t16-/m1/s1. The van der Waals surface area contributed by atoms with Gasteiger partial charge in [-0.1, -0.05) is 0 Å². The first-order valence-corrected chi connectivity index (χ1v) is 10.8. The summed E-state index contributed by atoms with van der Waals surface area (Å²) in [7, 11) is 0. The van der Waals surface area contributed by atoms with Crippen LogP contribution in [0, 0.1) is 12.7 Å². The van der Waals surface area contributed by atoms with Crippen molar-refractivity contribution < 1.29 is 13.9 Å². The van der Waals surface area contributed by atoms with Crippen LogP contribution >= 0.6 is 0 Å². The largest absolute Gasteiger partial charge is 0.375 e. The maximum absolute atomic E-state index is 15.0. The number of nitrogens with one attached hydrogen (secondary N) is 1. The Morgan fingerprint density at radius 3 is 2.85 bits per heavy atom. The van der Waals surface area contributed by atoms with Crippen molar-refractivity contribution in [2.45, 2.75) is 20.0 Å². The minimum absolute atomic E-state index is 0.0495. The smallest absolute Gasteiger partial charge is 0.281 e. The van der Waals surface area contributed by atoms with Gasteiger partial charge < -0.3 is 15.0 Å². The van der Waals surface area contributed by atoms with Crippen LogP contribution in [-0.2, 0) is 4.74 Å². The molecule has 1 radical (unpaired) electrons. The van der Waals surface area contributed by atoms with Gasteiger partial charge in [-0.3, -0.25) is 9.78 Å². The molecule has 5 rings (SSSR count). The molecule has 0 bridgehead atoms. The second kappa shape index (κ2) is 8.63. The lowest BCUT2D eigenvalue weighted by Gasteiger charge is -2.33. The number of hydrogen-bond donors (Lipinski definition) is 1. The number of carbonyl (C=O) groups excluding carboxylic acids is 1. The van der Waals surface area contributed by atoms with Gasteiger partial charge in [0.1, 0.15) is 11.6 Å². The Kier molecular flexibility index (Phi) is 5.51.